The summed E-state index contributed by atoms with van der Waals surface area (Å²) in [5.41, 5.74) is 0.756. The summed E-state index contributed by atoms with van der Waals surface area (Å²) in [6.07, 6.45) is 3.45. The molecule has 4 aromatic rings. The smallest absolute Gasteiger partial charge is 0.356 e. The first-order valence-corrected chi connectivity index (χ1v) is 13.5. The van der Waals surface area contributed by atoms with E-state index >= 15 is 0 Å². The number of methoxy groups -OCH3 is 1. The van der Waals surface area contributed by atoms with Gasteiger partial charge in [0.05, 0.1) is 25.2 Å². The van der Waals surface area contributed by atoms with E-state index in [2.05, 4.69) is 87.8 Å². The molecule has 1 amide bonds. The summed E-state index contributed by atoms with van der Waals surface area (Å²) >= 11 is 0. The van der Waals surface area contributed by atoms with Crippen molar-refractivity contribution in [3.05, 3.63) is 115 Å². The number of pyridine rings is 1. The number of hydrogen-bond donors (Lipinski definition) is 1. The molecule has 0 unspecified atom stereocenters. The molecule has 0 atom stereocenters. The molecule has 0 saturated carbocycles. The largest absolute Gasteiger partial charge is 0.464 e. The molecule has 6 heteroatoms. The number of anilines is 1. The van der Waals surface area contributed by atoms with Crippen LogP contribution in [0.25, 0.3) is 0 Å². The number of carbonyl (C=O) groups is 2. The van der Waals surface area contributed by atoms with Crippen LogP contribution < -0.4 is 21.2 Å². The number of rotatable bonds is 9. The Morgan fingerprint density at radius 1 is 0.771 bits per heavy atom. The maximum Gasteiger partial charge on any atom is 0.356 e. The molecule has 0 spiro atoms. The fourth-order valence-corrected chi connectivity index (χ4v) is 8.62. The SMILES string of the molecule is COC(=O)c1ccc(NC(=O)CCC[P+](c2ccccc2)(c2ccccc2)c2ccccc2)cn1. The average Bonchev–Trinajstić information content (AvgIpc) is 2.92. The lowest BCUT2D eigenvalue weighted by Crippen LogP contribution is -2.33. The van der Waals surface area contributed by atoms with Gasteiger partial charge in [0.25, 0.3) is 0 Å². The molecule has 1 heterocycles. The predicted molar refractivity (Wildman–Crippen MR) is 143 cm³/mol. The van der Waals surface area contributed by atoms with Crippen molar-refractivity contribution in [1.82, 2.24) is 4.98 Å². The summed E-state index contributed by atoms with van der Waals surface area (Å²) < 4.78 is 4.67. The van der Waals surface area contributed by atoms with Crippen molar-refractivity contribution >= 4 is 40.7 Å². The van der Waals surface area contributed by atoms with Crippen molar-refractivity contribution in [2.24, 2.45) is 0 Å². The van der Waals surface area contributed by atoms with E-state index in [9.17, 15) is 9.59 Å². The first-order chi connectivity index (χ1) is 17.1. The van der Waals surface area contributed by atoms with E-state index in [1.165, 1.54) is 35.3 Å². The third-order valence-corrected chi connectivity index (χ3v) is 10.5. The Hall–Kier alpha value is -3.82. The topological polar surface area (TPSA) is 68.3 Å². The van der Waals surface area contributed by atoms with Gasteiger partial charge in [0.2, 0.25) is 5.91 Å². The van der Waals surface area contributed by atoms with Crippen LogP contribution in [0.1, 0.15) is 23.3 Å². The molecule has 176 valence electrons. The third kappa shape index (κ3) is 5.64. The lowest BCUT2D eigenvalue weighted by Gasteiger charge is -2.27. The van der Waals surface area contributed by atoms with Crippen LogP contribution in [0.2, 0.25) is 0 Å². The van der Waals surface area contributed by atoms with Crippen LogP contribution in [0.15, 0.2) is 109 Å². The molecule has 0 aliphatic rings. The van der Waals surface area contributed by atoms with E-state index in [1.807, 2.05) is 18.2 Å². The van der Waals surface area contributed by atoms with Gasteiger partial charge in [-0.2, -0.15) is 0 Å². The van der Waals surface area contributed by atoms with Crippen molar-refractivity contribution in [3.8, 4) is 0 Å². The summed E-state index contributed by atoms with van der Waals surface area (Å²) in [6.45, 7) is 0. The monoisotopic (exact) mass is 483 g/mol. The van der Waals surface area contributed by atoms with Crippen molar-refractivity contribution in [1.29, 1.82) is 0 Å². The van der Waals surface area contributed by atoms with E-state index in [0.717, 1.165) is 12.6 Å². The predicted octanol–water partition coefficient (Wildman–Crippen LogP) is 4.58. The number of benzene rings is 3. The molecule has 0 saturated heterocycles. The second-order valence-electron chi connectivity index (χ2n) is 8.12. The molecule has 0 aliphatic carbocycles. The van der Waals surface area contributed by atoms with E-state index in [4.69, 9.17) is 0 Å². The van der Waals surface area contributed by atoms with Gasteiger partial charge in [-0.15, -0.1) is 0 Å². The number of aromatic nitrogens is 1. The Morgan fingerprint density at radius 2 is 1.29 bits per heavy atom. The van der Waals surface area contributed by atoms with Gasteiger partial charge >= 0.3 is 5.97 Å². The Kier molecular flexibility index (Phi) is 8.02. The highest BCUT2D eigenvalue weighted by molar-refractivity contribution is 7.95. The van der Waals surface area contributed by atoms with Crippen LogP contribution in [0.4, 0.5) is 5.69 Å². The van der Waals surface area contributed by atoms with Gasteiger partial charge in [0.1, 0.15) is 28.9 Å². The minimum Gasteiger partial charge on any atom is -0.464 e. The number of esters is 1. The minimum absolute atomic E-state index is 0.0788. The first kappa shape index (κ1) is 24.3. The van der Waals surface area contributed by atoms with Gasteiger partial charge in [-0.3, -0.25) is 4.79 Å². The maximum atomic E-state index is 12.8. The Morgan fingerprint density at radius 3 is 1.71 bits per heavy atom. The van der Waals surface area contributed by atoms with Gasteiger partial charge in [0.15, 0.2) is 0 Å². The van der Waals surface area contributed by atoms with Crippen molar-refractivity contribution in [2.75, 3.05) is 18.6 Å². The van der Waals surface area contributed by atoms with Crippen LogP contribution in [0.3, 0.4) is 0 Å². The Labute approximate surface area is 206 Å². The number of hydrogen-bond acceptors (Lipinski definition) is 4. The quantitative estimate of drug-likeness (QED) is 0.280. The molecule has 1 N–H and O–H groups in total. The zero-order valence-corrected chi connectivity index (χ0v) is 20.5. The molecule has 3 aromatic carbocycles. The summed E-state index contributed by atoms with van der Waals surface area (Å²) in [7, 11) is -0.649. The molecule has 0 aliphatic heterocycles. The molecule has 35 heavy (non-hydrogen) atoms. The zero-order chi connectivity index (χ0) is 24.5. The maximum absolute atomic E-state index is 12.8. The summed E-state index contributed by atoms with van der Waals surface area (Å²) in [5, 5.41) is 6.81. The summed E-state index contributed by atoms with van der Waals surface area (Å²) in [4.78, 5) is 28.4. The van der Waals surface area contributed by atoms with Crippen molar-refractivity contribution in [2.45, 2.75) is 12.8 Å². The van der Waals surface area contributed by atoms with Crippen molar-refractivity contribution < 1.29 is 14.3 Å². The molecule has 4 rings (SSSR count). The van der Waals surface area contributed by atoms with Crippen LogP contribution in [0.5, 0.6) is 0 Å². The number of nitrogens with zero attached hydrogens (tertiary/aromatic N) is 1. The van der Waals surface area contributed by atoms with Crippen LogP contribution in [-0.2, 0) is 9.53 Å². The fraction of sp³-hybridized carbons (Fsp3) is 0.138. The molecule has 0 radical (unpaired) electrons. The van der Waals surface area contributed by atoms with Gasteiger partial charge in [-0.25, -0.2) is 9.78 Å². The van der Waals surface area contributed by atoms with E-state index in [1.54, 1.807) is 6.07 Å². The zero-order valence-electron chi connectivity index (χ0n) is 19.6. The van der Waals surface area contributed by atoms with Gasteiger partial charge < -0.3 is 10.1 Å². The number of nitrogens with one attached hydrogen (secondary N) is 1. The summed E-state index contributed by atoms with van der Waals surface area (Å²) in [6, 6.07) is 35.1. The number of carbonyl (C=O) groups excluding carboxylic acids is 2. The fourth-order valence-electron chi connectivity index (χ4n) is 4.28. The molecular formula is C29H28N2O3P+. The van der Waals surface area contributed by atoms with Crippen LogP contribution in [0, 0.1) is 0 Å². The lowest BCUT2D eigenvalue weighted by atomic mass is 10.3. The normalized spacial score (nSPS) is 11.0. The average molecular weight is 484 g/mol. The molecule has 0 fully saturated rings. The Balaban J connectivity index is 1.55. The molecule has 0 bridgehead atoms. The Bertz CT molecular complexity index is 1150. The molecular weight excluding hydrogens is 455 g/mol. The third-order valence-electron chi connectivity index (χ3n) is 5.93. The van der Waals surface area contributed by atoms with Crippen LogP contribution >= 0.6 is 7.26 Å². The molecule has 1 aromatic heterocycles. The van der Waals surface area contributed by atoms with E-state index in [-0.39, 0.29) is 11.6 Å². The standard InChI is InChI=1S/C29H27N2O3P/c1-34-29(33)27-20-19-23(22-30-27)31-28(32)18-11-21-35(24-12-5-2-6-13-24,25-14-7-3-8-15-25)26-16-9-4-10-17-26/h2-10,12-17,19-20,22H,11,18,21H2,1H3/p+1. The highest BCUT2D eigenvalue weighted by Gasteiger charge is 2.44. The second kappa shape index (κ2) is 11.5. The van der Waals surface area contributed by atoms with Gasteiger partial charge in [-0.05, 0) is 55.0 Å². The van der Waals surface area contributed by atoms with Gasteiger partial charge in [-0.1, -0.05) is 54.6 Å². The van der Waals surface area contributed by atoms with Gasteiger partial charge in [0, 0.05) is 6.42 Å². The minimum atomic E-state index is -1.96. The first-order valence-electron chi connectivity index (χ1n) is 11.5. The second-order valence-corrected chi connectivity index (χ2v) is 11.7. The number of amides is 1. The highest BCUT2D eigenvalue weighted by atomic mass is 31.2. The molecule has 5 nitrogen and oxygen atoms in total. The van der Waals surface area contributed by atoms with Crippen LogP contribution in [-0.4, -0.2) is 30.1 Å². The highest BCUT2D eigenvalue weighted by Crippen LogP contribution is 2.55. The van der Waals surface area contributed by atoms with E-state index in [0.29, 0.717) is 12.1 Å². The van der Waals surface area contributed by atoms with Crippen molar-refractivity contribution in [3.63, 3.8) is 0 Å². The number of ether oxygens (including phenoxy) is 1. The summed E-state index contributed by atoms with van der Waals surface area (Å²) in [5.74, 6) is -0.587. The van der Waals surface area contributed by atoms with E-state index < -0.39 is 13.2 Å². The lowest BCUT2D eigenvalue weighted by molar-refractivity contribution is -0.116.